The van der Waals surface area contributed by atoms with Crippen LogP contribution in [0.1, 0.15) is 44.7 Å². The number of nitrogens with one attached hydrogen (secondary N) is 1. The van der Waals surface area contributed by atoms with Crippen LogP contribution in [-0.2, 0) is 26.2 Å². The average Bonchev–Trinajstić information content (AvgIpc) is 2.99. The second kappa shape index (κ2) is 14.9. The fourth-order valence-corrected chi connectivity index (χ4v) is 6.04. The molecule has 0 bridgehead atoms. The summed E-state index contributed by atoms with van der Waals surface area (Å²) in [4.78, 5) is 28.8. The van der Waals surface area contributed by atoms with E-state index in [2.05, 4.69) is 5.32 Å². The van der Waals surface area contributed by atoms with Gasteiger partial charge in [-0.25, -0.2) is 12.8 Å². The molecule has 0 heterocycles. The Kier molecular flexibility index (Phi) is 11.5. The number of ether oxygens (including phenoxy) is 2. The summed E-state index contributed by atoms with van der Waals surface area (Å²) in [5.74, 6) is -0.974. The molecule has 2 atom stereocenters. The van der Waals surface area contributed by atoms with Gasteiger partial charge in [-0.3, -0.25) is 13.9 Å². The van der Waals surface area contributed by atoms with Crippen molar-refractivity contribution in [2.45, 2.75) is 64.1 Å². The lowest BCUT2D eigenvalue weighted by Gasteiger charge is -2.33. The van der Waals surface area contributed by atoms with Gasteiger partial charge in [-0.2, -0.15) is 0 Å². The Morgan fingerprint density at radius 3 is 2.19 bits per heavy atom. The van der Waals surface area contributed by atoms with Crippen molar-refractivity contribution in [3.8, 4) is 11.5 Å². The third-order valence-corrected chi connectivity index (χ3v) is 8.93. The van der Waals surface area contributed by atoms with Gasteiger partial charge in [-0.1, -0.05) is 43.7 Å². The van der Waals surface area contributed by atoms with Gasteiger partial charge in [0.2, 0.25) is 11.8 Å². The topological polar surface area (TPSA) is 105 Å². The van der Waals surface area contributed by atoms with E-state index in [9.17, 15) is 22.4 Å². The minimum Gasteiger partial charge on any atom is -0.493 e. The number of amides is 2. The molecule has 0 aliphatic heterocycles. The monoisotopic (exact) mass is 613 g/mol. The highest BCUT2D eigenvalue weighted by molar-refractivity contribution is 7.92. The number of nitrogens with zero attached hydrogens (tertiary/aromatic N) is 2. The maximum atomic E-state index is 14.2. The Labute approximate surface area is 253 Å². The average molecular weight is 614 g/mol. The smallest absolute Gasteiger partial charge is 0.264 e. The van der Waals surface area contributed by atoms with Crippen molar-refractivity contribution < 1.29 is 31.9 Å². The largest absolute Gasteiger partial charge is 0.493 e. The van der Waals surface area contributed by atoms with Crippen LogP contribution in [0.15, 0.2) is 71.6 Å². The molecule has 1 N–H and O–H groups in total. The molecule has 3 aromatic carbocycles. The number of rotatable bonds is 14. The number of carbonyl (C=O) groups excluding carboxylic acids is 2. The summed E-state index contributed by atoms with van der Waals surface area (Å²) in [5, 5.41) is 2.95. The summed E-state index contributed by atoms with van der Waals surface area (Å²) in [7, 11) is -1.57. The van der Waals surface area contributed by atoms with E-state index in [1.165, 1.54) is 49.5 Å². The van der Waals surface area contributed by atoms with E-state index in [4.69, 9.17) is 9.47 Å². The van der Waals surface area contributed by atoms with Crippen molar-refractivity contribution in [3.63, 3.8) is 0 Å². The van der Waals surface area contributed by atoms with Gasteiger partial charge in [0.25, 0.3) is 10.0 Å². The first-order chi connectivity index (χ1) is 20.4. The van der Waals surface area contributed by atoms with Crippen LogP contribution in [0.4, 0.5) is 10.1 Å². The minimum atomic E-state index is -4.38. The molecule has 232 valence electrons. The van der Waals surface area contributed by atoms with Crippen LogP contribution in [0.3, 0.4) is 0 Å². The van der Waals surface area contributed by atoms with E-state index in [0.717, 1.165) is 27.6 Å². The highest BCUT2D eigenvalue weighted by atomic mass is 32.2. The highest BCUT2D eigenvalue weighted by Crippen LogP contribution is 2.32. The fraction of sp³-hybridized carbons (Fsp3) is 0.375. The third kappa shape index (κ3) is 8.25. The molecule has 0 unspecified atom stereocenters. The number of methoxy groups -OCH3 is 2. The van der Waals surface area contributed by atoms with Crippen LogP contribution in [0, 0.1) is 12.7 Å². The lowest BCUT2D eigenvalue weighted by Crippen LogP contribution is -2.53. The zero-order chi connectivity index (χ0) is 31.7. The molecule has 3 aromatic rings. The predicted molar refractivity (Wildman–Crippen MR) is 164 cm³/mol. The Morgan fingerprint density at radius 2 is 1.60 bits per heavy atom. The first-order valence-electron chi connectivity index (χ1n) is 14.1. The summed E-state index contributed by atoms with van der Waals surface area (Å²) < 4.78 is 53.5. The summed E-state index contributed by atoms with van der Waals surface area (Å²) in [5.41, 5.74) is 1.85. The van der Waals surface area contributed by atoms with E-state index in [0.29, 0.717) is 18.6 Å². The maximum Gasteiger partial charge on any atom is 0.264 e. The molecule has 0 fully saturated rings. The molecule has 3 rings (SSSR count). The standard InChI is InChI=1S/C32H40FN3O6S/c1-7-23(4)34-32(38)28(8-2)35(20-24-11-9-10-22(3)18-24)31(37)21-36(26-14-12-25(33)13-15-26)43(39,40)27-16-17-29(41-5)30(19-27)42-6/h9-19,23,28H,7-8,20-21H2,1-6H3,(H,34,38)/t23-,28+/m0/s1. The van der Waals surface area contributed by atoms with E-state index in [1.807, 2.05) is 45.0 Å². The van der Waals surface area contributed by atoms with Crippen LogP contribution in [0.5, 0.6) is 11.5 Å². The zero-order valence-electron chi connectivity index (χ0n) is 25.5. The molecule has 0 aromatic heterocycles. The second-order valence-corrected chi connectivity index (χ2v) is 12.1. The van der Waals surface area contributed by atoms with Crippen molar-refractivity contribution in [3.05, 3.63) is 83.7 Å². The lowest BCUT2D eigenvalue weighted by molar-refractivity contribution is -0.140. The molecule has 0 aliphatic rings. The molecule has 0 saturated carbocycles. The number of sulfonamides is 1. The Bertz CT molecular complexity index is 1510. The second-order valence-electron chi connectivity index (χ2n) is 10.3. The summed E-state index contributed by atoms with van der Waals surface area (Å²) >= 11 is 0. The number of halogens is 1. The van der Waals surface area contributed by atoms with Gasteiger partial charge in [-0.05, 0) is 68.7 Å². The summed E-state index contributed by atoms with van der Waals surface area (Å²) in [6.45, 7) is 7.00. The van der Waals surface area contributed by atoms with Crippen molar-refractivity contribution >= 4 is 27.5 Å². The fourth-order valence-electron chi connectivity index (χ4n) is 4.61. The van der Waals surface area contributed by atoms with Crippen molar-refractivity contribution in [2.24, 2.45) is 0 Å². The van der Waals surface area contributed by atoms with Crippen LogP contribution >= 0.6 is 0 Å². The molecule has 2 amide bonds. The van der Waals surface area contributed by atoms with E-state index in [1.54, 1.807) is 6.92 Å². The van der Waals surface area contributed by atoms with E-state index in [-0.39, 0.29) is 34.8 Å². The predicted octanol–water partition coefficient (Wildman–Crippen LogP) is 5.07. The number of carbonyl (C=O) groups is 2. The molecular weight excluding hydrogens is 573 g/mol. The first-order valence-corrected chi connectivity index (χ1v) is 15.5. The summed E-state index contributed by atoms with van der Waals surface area (Å²) in [6, 6.07) is 15.5. The van der Waals surface area contributed by atoms with Crippen LogP contribution < -0.4 is 19.1 Å². The molecule has 11 heteroatoms. The number of benzene rings is 3. The van der Waals surface area contributed by atoms with Gasteiger partial charge < -0.3 is 19.7 Å². The molecule has 9 nitrogen and oxygen atoms in total. The van der Waals surface area contributed by atoms with Crippen LogP contribution in [-0.4, -0.2) is 58.0 Å². The molecule has 0 aliphatic carbocycles. The van der Waals surface area contributed by atoms with Gasteiger partial charge in [0.1, 0.15) is 18.4 Å². The van der Waals surface area contributed by atoms with Gasteiger partial charge in [-0.15, -0.1) is 0 Å². The third-order valence-electron chi connectivity index (χ3n) is 7.16. The molecule has 0 radical (unpaired) electrons. The number of anilines is 1. The Morgan fingerprint density at radius 1 is 0.930 bits per heavy atom. The summed E-state index contributed by atoms with van der Waals surface area (Å²) in [6.07, 6.45) is 1.01. The van der Waals surface area contributed by atoms with Gasteiger partial charge >= 0.3 is 0 Å². The molecule has 43 heavy (non-hydrogen) atoms. The Balaban J connectivity index is 2.10. The molecule has 0 saturated heterocycles. The number of aryl methyl sites for hydroxylation is 1. The first kappa shape index (κ1) is 33.4. The minimum absolute atomic E-state index is 0.0807. The molecule has 0 spiro atoms. The van der Waals surface area contributed by atoms with E-state index < -0.39 is 34.3 Å². The quantitative estimate of drug-likeness (QED) is 0.272. The van der Waals surface area contributed by atoms with Crippen molar-refractivity contribution in [1.29, 1.82) is 0 Å². The maximum absolute atomic E-state index is 14.2. The van der Waals surface area contributed by atoms with Gasteiger partial charge in [0.05, 0.1) is 24.8 Å². The van der Waals surface area contributed by atoms with Crippen molar-refractivity contribution in [2.75, 3.05) is 25.1 Å². The van der Waals surface area contributed by atoms with E-state index >= 15 is 0 Å². The van der Waals surface area contributed by atoms with Crippen molar-refractivity contribution in [1.82, 2.24) is 10.2 Å². The lowest BCUT2D eigenvalue weighted by atomic mass is 10.1. The Hall–Kier alpha value is -4.12. The highest BCUT2D eigenvalue weighted by Gasteiger charge is 2.34. The SMILES string of the molecule is CC[C@H](C(=O)N[C@@H](C)CC)N(Cc1cccc(C)c1)C(=O)CN(c1ccc(F)cc1)S(=O)(=O)c1ccc(OC)c(OC)c1. The number of hydrogen-bond donors (Lipinski definition) is 1. The molecular formula is C32H40FN3O6S. The number of hydrogen-bond acceptors (Lipinski definition) is 6. The van der Waals surface area contributed by atoms with Gasteiger partial charge in [0, 0.05) is 18.7 Å². The van der Waals surface area contributed by atoms with Crippen LogP contribution in [0.2, 0.25) is 0 Å². The normalized spacial score (nSPS) is 12.6. The zero-order valence-corrected chi connectivity index (χ0v) is 26.3. The van der Waals surface area contributed by atoms with Gasteiger partial charge in [0.15, 0.2) is 11.5 Å². The van der Waals surface area contributed by atoms with Crippen LogP contribution in [0.25, 0.3) is 0 Å².